The molecule has 0 aliphatic rings. The standard InChI is InChI=1S/C23H36ClN3O2/c1-29-21(28)15-13-11-9-7-5-3-2-4-6-8-10-12-14-18-27-19-26-22-20(24)16-17-25-23(22)27/h16-17,19H,2-15,18H2,1H3. The van der Waals surface area contributed by atoms with E-state index >= 15 is 0 Å². The smallest absolute Gasteiger partial charge is 0.305 e. The van der Waals surface area contributed by atoms with Gasteiger partial charge in [-0.25, -0.2) is 9.97 Å². The number of pyridine rings is 1. The number of methoxy groups -OCH3 is 1. The third-order valence-electron chi connectivity index (χ3n) is 5.46. The van der Waals surface area contributed by atoms with Crippen LogP contribution < -0.4 is 0 Å². The van der Waals surface area contributed by atoms with Gasteiger partial charge >= 0.3 is 5.97 Å². The number of fused-ring (bicyclic) bond motifs is 1. The highest BCUT2D eigenvalue weighted by molar-refractivity contribution is 6.34. The van der Waals surface area contributed by atoms with E-state index in [1.165, 1.54) is 71.3 Å². The predicted octanol–water partition coefficient (Wildman–Crippen LogP) is 6.72. The molecule has 2 aromatic rings. The highest BCUT2D eigenvalue weighted by atomic mass is 35.5. The Kier molecular flexibility index (Phi) is 11.7. The number of aromatic nitrogens is 3. The van der Waals surface area contributed by atoms with Gasteiger partial charge in [0, 0.05) is 19.2 Å². The van der Waals surface area contributed by atoms with Crippen molar-refractivity contribution in [2.45, 2.75) is 96.4 Å². The zero-order chi connectivity index (χ0) is 20.7. The highest BCUT2D eigenvalue weighted by Gasteiger charge is 2.06. The second kappa shape index (κ2) is 14.4. The van der Waals surface area contributed by atoms with Gasteiger partial charge in [-0.05, 0) is 18.9 Å². The van der Waals surface area contributed by atoms with Crippen LogP contribution in [0.3, 0.4) is 0 Å². The monoisotopic (exact) mass is 421 g/mol. The molecule has 0 aliphatic carbocycles. The quantitative estimate of drug-likeness (QED) is 0.223. The summed E-state index contributed by atoms with van der Waals surface area (Å²) in [6, 6.07) is 1.79. The molecule has 162 valence electrons. The number of carbonyl (C=O) groups excluding carboxylic acids is 1. The van der Waals surface area contributed by atoms with Gasteiger partial charge in [0.05, 0.1) is 18.5 Å². The largest absolute Gasteiger partial charge is 0.469 e. The lowest BCUT2D eigenvalue weighted by Crippen LogP contribution is -1.99. The van der Waals surface area contributed by atoms with Gasteiger partial charge in [0.25, 0.3) is 0 Å². The minimum Gasteiger partial charge on any atom is -0.469 e. The van der Waals surface area contributed by atoms with Gasteiger partial charge in [0.15, 0.2) is 5.65 Å². The summed E-state index contributed by atoms with van der Waals surface area (Å²) in [7, 11) is 1.46. The molecule has 0 bridgehead atoms. The maximum absolute atomic E-state index is 11.0. The molecule has 0 spiro atoms. The summed E-state index contributed by atoms with van der Waals surface area (Å²) in [5, 5.41) is 0.673. The summed E-state index contributed by atoms with van der Waals surface area (Å²) >= 11 is 6.15. The van der Waals surface area contributed by atoms with Crippen molar-refractivity contribution in [1.82, 2.24) is 14.5 Å². The van der Waals surface area contributed by atoms with Gasteiger partial charge in [-0.2, -0.15) is 0 Å². The first-order valence-electron chi connectivity index (χ1n) is 11.2. The SMILES string of the molecule is COC(=O)CCCCCCCCCCCCCCCn1cnc2c(Cl)ccnc21. The third-order valence-corrected chi connectivity index (χ3v) is 5.77. The zero-order valence-electron chi connectivity index (χ0n) is 17.9. The Morgan fingerprint density at radius 1 is 0.897 bits per heavy atom. The van der Waals surface area contributed by atoms with Crippen molar-refractivity contribution < 1.29 is 9.53 Å². The highest BCUT2D eigenvalue weighted by Crippen LogP contribution is 2.20. The van der Waals surface area contributed by atoms with Crippen LogP contribution in [0.15, 0.2) is 18.6 Å². The molecule has 2 rings (SSSR count). The van der Waals surface area contributed by atoms with E-state index in [-0.39, 0.29) is 5.97 Å². The molecule has 6 heteroatoms. The number of imidazole rings is 1. The van der Waals surface area contributed by atoms with Crippen LogP contribution in [0.2, 0.25) is 5.02 Å². The van der Waals surface area contributed by atoms with E-state index in [9.17, 15) is 4.79 Å². The lowest BCUT2D eigenvalue weighted by atomic mass is 10.0. The van der Waals surface area contributed by atoms with Crippen LogP contribution in [-0.2, 0) is 16.1 Å². The molecule has 0 saturated carbocycles. The van der Waals surface area contributed by atoms with Crippen LogP contribution in [-0.4, -0.2) is 27.6 Å². The van der Waals surface area contributed by atoms with Crippen molar-refractivity contribution in [3.63, 3.8) is 0 Å². The number of rotatable bonds is 16. The van der Waals surface area contributed by atoms with Crippen molar-refractivity contribution in [3.8, 4) is 0 Å². The van der Waals surface area contributed by atoms with Gasteiger partial charge in [0.1, 0.15) is 5.52 Å². The Bertz CT molecular complexity index is 717. The van der Waals surface area contributed by atoms with E-state index in [4.69, 9.17) is 11.6 Å². The number of ether oxygens (including phenoxy) is 1. The second-order valence-corrected chi connectivity index (χ2v) is 8.23. The molecule has 5 nitrogen and oxygen atoms in total. The summed E-state index contributed by atoms with van der Waals surface area (Å²) in [5.41, 5.74) is 1.69. The summed E-state index contributed by atoms with van der Waals surface area (Å²) in [6.45, 7) is 0.962. The Morgan fingerprint density at radius 2 is 1.45 bits per heavy atom. The Labute approximate surface area is 180 Å². The van der Waals surface area contributed by atoms with Crippen molar-refractivity contribution in [3.05, 3.63) is 23.6 Å². The first kappa shape index (κ1) is 23.7. The fraction of sp³-hybridized carbons (Fsp3) is 0.696. The van der Waals surface area contributed by atoms with E-state index in [1.54, 1.807) is 12.3 Å². The summed E-state index contributed by atoms with van der Waals surface area (Å²) in [6.07, 6.45) is 20.6. The predicted molar refractivity (Wildman–Crippen MR) is 119 cm³/mol. The summed E-state index contributed by atoms with van der Waals surface area (Å²) < 4.78 is 6.76. The topological polar surface area (TPSA) is 57.0 Å². The summed E-state index contributed by atoms with van der Waals surface area (Å²) in [5.74, 6) is -0.0813. The van der Waals surface area contributed by atoms with Gasteiger partial charge < -0.3 is 9.30 Å². The number of halogens is 1. The first-order valence-corrected chi connectivity index (χ1v) is 11.6. The molecule has 2 heterocycles. The van der Waals surface area contributed by atoms with Crippen LogP contribution in [0.5, 0.6) is 0 Å². The third kappa shape index (κ3) is 9.16. The molecule has 0 radical (unpaired) electrons. The van der Waals surface area contributed by atoms with Crippen LogP contribution in [0, 0.1) is 0 Å². The van der Waals surface area contributed by atoms with Crippen molar-refractivity contribution >= 4 is 28.7 Å². The molecule has 0 saturated heterocycles. The Hall–Kier alpha value is -1.62. The van der Waals surface area contributed by atoms with Crippen LogP contribution in [0.4, 0.5) is 0 Å². The van der Waals surface area contributed by atoms with E-state index in [0.717, 1.165) is 37.0 Å². The molecule has 0 fully saturated rings. The zero-order valence-corrected chi connectivity index (χ0v) is 18.6. The minimum absolute atomic E-state index is 0.0813. The van der Waals surface area contributed by atoms with Crippen molar-refractivity contribution in [2.24, 2.45) is 0 Å². The number of hydrogen-bond acceptors (Lipinski definition) is 4. The average molecular weight is 422 g/mol. The van der Waals surface area contributed by atoms with E-state index in [1.807, 2.05) is 6.33 Å². The maximum Gasteiger partial charge on any atom is 0.305 e. The second-order valence-electron chi connectivity index (χ2n) is 7.83. The molecule has 0 amide bonds. The average Bonchev–Trinajstić information content (AvgIpc) is 3.15. The van der Waals surface area contributed by atoms with Gasteiger partial charge in [0.2, 0.25) is 0 Å². The fourth-order valence-corrected chi connectivity index (χ4v) is 3.88. The molecule has 0 aromatic carbocycles. The van der Waals surface area contributed by atoms with Crippen LogP contribution in [0.25, 0.3) is 11.2 Å². The van der Waals surface area contributed by atoms with Crippen molar-refractivity contribution in [2.75, 3.05) is 7.11 Å². The number of carbonyl (C=O) groups is 1. The molecule has 0 aliphatic heterocycles. The molecular weight excluding hydrogens is 386 g/mol. The minimum atomic E-state index is -0.0813. The Morgan fingerprint density at radius 3 is 2.03 bits per heavy atom. The molecule has 0 unspecified atom stereocenters. The number of nitrogens with zero attached hydrogens (tertiary/aromatic N) is 3. The van der Waals surface area contributed by atoms with E-state index in [2.05, 4.69) is 19.3 Å². The van der Waals surface area contributed by atoms with Crippen LogP contribution >= 0.6 is 11.6 Å². The number of aryl methyl sites for hydroxylation is 1. The number of esters is 1. The van der Waals surface area contributed by atoms with E-state index in [0.29, 0.717) is 11.4 Å². The molecule has 0 atom stereocenters. The van der Waals surface area contributed by atoms with E-state index < -0.39 is 0 Å². The number of unbranched alkanes of at least 4 members (excludes halogenated alkanes) is 12. The molecular formula is C23H36ClN3O2. The maximum atomic E-state index is 11.0. The fourth-order valence-electron chi connectivity index (χ4n) is 3.69. The van der Waals surface area contributed by atoms with Gasteiger partial charge in [-0.15, -0.1) is 0 Å². The number of hydrogen-bond donors (Lipinski definition) is 0. The van der Waals surface area contributed by atoms with Gasteiger partial charge in [-0.3, -0.25) is 4.79 Å². The summed E-state index contributed by atoms with van der Waals surface area (Å²) in [4.78, 5) is 19.8. The normalized spacial score (nSPS) is 11.2. The van der Waals surface area contributed by atoms with Gasteiger partial charge in [-0.1, -0.05) is 82.2 Å². The Balaban J connectivity index is 1.37. The lowest BCUT2D eigenvalue weighted by Gasteiger charge is -2.05. The molecule has 2 aromatic heterocycles. The van der Waals surface area contributed by atoms with Crippen molar-refractivity contribution in [1.29, 1.82) is 0 Å². The lowest BCUT2D eigenvalue weighted by molar-refractivity contribution is -0.140. The van der Waals surface area contributed by atoms with Crippen LogP contribution in [0.1, 0.15) is 89.9 Å². The molecule has 0 N–H and O–H groups in total. The molecule has 29 heavy (non-hydrogen) atoms. The first-order chi connectivity index (χ1) is 14.2.